The zero-order chi connectivity index (χ0) is 32.7. The normalized spacial score (nSPS) is 11.1. The predicted molar refractivity (Wildman–Crippen MR) is 172 cm³/mol. The number of pyridine rings is 1. The first-order valence-electron chi connectivity index (χ1n) is 13.6. The van der Waals surface area contributed by atoms with Crippen LogP contribution in [0.4, 0.5) is 32.1 Å². The zero-order valence-corrected chi connectivity index (χ0v) is 26.6. The van der Waals surface area contributed by atoms with Gasteiger partial charge in [-0.1, -0.05) is 29.8 Å². The van der Waals surface area contributed by atoms with E-state index in [1.54, 1.807) is 55.6 Å². The van der Waals surface area contributed by atoms with E-state index in [1.807, 2.05) is 11.0 Å². The van der Waals surface area contributed by atoms with Crippen LogP contribution in [-0.2, 0) is 16.6 Å². The third kappa shape index (κ3) is 7.67. The summed E-state index contributed by atoms with van der Waals surface area (Å²) in [4.78, 5) is 17.8. The molecule has 3 aromatic carbocycles. The summed E-state index contributed by atoms with van der Waals surface area (Å²) in [5, 5.41) is 12.2. The Kier molecular flexibility index (Phi) is 10.6. The summed E-state index contributed by atoms with van der Waals surface area (Å²) in [5.74, 6) is -0.0667. The van der Waals surface area contributed by atoms with Crippen molar-refractivity contribution in [1.29, 1.82) is 0 Å². The highest BCUT2D eigenvalue weighted by Gasteiger charge is 2.31. The molecule has 0 radical (unpaired) electrons. The maximum Gasteiger partial charge on any atom is 0.407 e. The monoisotopic (exact) mass is 657 g/mol. The Morgan fingerprint density at radius 1 is 0.978 bits per heavy atom. The molecule has 1 amide bonds. The summed E-state index contributed by atoms with van der Waals surface area (Å²) in [5.41, 5.74) is 1.88. The van der Waals surface area contributed by atoms with Crippen molar-refractivity contribution in [2.24, 2.45) is 0 Å². The van der Waals surface area contributed by atoms with Gasteiger partial charge in [-0.3, -0.25) is 0 Å². The van der Waals surface area contributed by atoms with Gasteiger partial charge in [0, 0.05) is 51.1 Å². The van der Waals surface area contributed by atoms with Crippen LogP contribution < -0.4 is 24.0 Å². The van der Waals surface area contributed by atoms with Crippen molar-refractivity contribution in [2.45, 2.75) is 11.4 Å². The lowest BCUT2D eigenvalue weighted by Gasteiger charge is -2.26. The molecule has 1 heterocycles. The van der Waals surface area contributed by atoms with Gasteiger partial charge >= 0.3 is 6.09 Å². The minimum Gasteiger partial charge on any atom is -0.497 e. The number of hydrogen-bond acceptors (Lipinski definition) is 8. The minimum atomic E-state index is -4.54. The van der Waals surface area contributed by atoms with Gasteiger partial charge in [0.05, 0.1) is 42.8 Å². The molecule has 0 saturated heterocycles. The molecule has 0 fully saturated rings. The molecule has 0 aliphatic heterocycles. The van der Waals surface area contributed by atoms with Crippen LogP contribution in [0.2, 0.25) is 5.02 Å². The number of nitrogens with one attached hydrogen (secondary N) is 1. The van der Waals surface area contributed by atoms with E-state index in [1.165, 1.54) is 33.5 Å². The molecule has 4 aromatic rings. The van der Waals surface area contributed by atoms with Crippen LogP contribution in [0.5, 0.6) is 11.5 Å². The summed E-state index contributed by atoms with van der Waals surface area (Å²) >= 11 is 6.57. The van der Waals surface area contributed by atoms with E-state index in [4.69, 9.17) is 26.2 Å². The number of sulfonamides is 1. The Morgan fingerprint density at radius 2 is 1.71 bits per heavy atom. The van der Waals surface area contributed by atoms with Gasteiger partial charge < -0.3 is 29.7 Å². The highest BCUT2D eigenvalue weighted by Crippen LogP contribution is 2.36. The summed E-state index contributed by atoms with van der Waals surface area (Å²) in [6, 6.07) is 18.9. The van der Waals surface area contributed by atoms with Crippen molar-refractivity contribution >= 4 is 50.6 Å². The van der Waals surface area contributed by atoms with Crippen molar-refractivity contribution < 1.29 is 32.2 Å². The van der Waals surface area contributed by atoms with Gasteiger partial charge in [-0.2, -0.15) is 0 Å². The van der Waals surface area contributed by atoms with Crippen LogP contribution in [0.25, 0.3) is 0 Å². The van der Waals surface area contributed by atoms with E-state index in [-0.39, 0.29) is 29.6 Å². The molecule has 45 heavy (non-hydrogen) atoms. The molecule has 11 nitrogen and oxygen atoms in total. The summed E-state index contributed by atoms with van der Waals surface area (Å²) in [7, 11) is 1.67. The molecule has 0 unspecified atom stereocenters. The van der Waals surface area contributed by atoms with Crippen LogP contribution in [0, 0.1) is 5.82 Å². The summed E-state index contributed by atoms with van der Waals surface area (Å²) in [6.07, 6.45) is 0.394. The first-order chi connectivity index (χ1) is 21.5. The second kappa shape index (κ2) is 14.4. The number of methoxy groups -OCH3 is 2. The lowest BCUT2D eigenvalue weighted by atomic mass is 10.2. The number of para-hydroxylation sites is 2. The third-order valence-corrected chi connectivity index (χ3v) is 9.06. The van der Waals surface area contributed by atoms with Crippen molar-refractivity contribution in [3.05, 3.63) is 95.4 Å². The molecule has 0 aliphatic rings. The number of halogens is 2. The number of anilines is 4. The number of carbonyl (C=O) groups is 1. The number of hydrogen-bond donors (Lipinski definition) is 2. The first-order valence-corrected chi connectivity index (χ1v) is 15.4. The second-order valence-electron chi connectivity index (χ2n) is 9.91. The molecule has 2 N–H and O–H groups in total. The fraction of sp³-hybridized carbons (Fsp3) is 0.226. The highest BCUT2D eigenvalue weighted by atomic mass is 35.5. The summed E-state index contributed by atoms with van der Waals surface area (Å²) in [6.45, 7) is 0.404. The molecular weight excluding hydrogens is 625 g/mol. The Hall–Kier alpha value is -4.75. The number of benzene rings is 3. The van der Waals surface area contributed by atoms with E-state index >= 15 is 4.39 Å². The van der Waals surface area contributed by atoms with Crippen molar-refractivity contribution in [1.82, 2.24) is 9.88 Å². The van der Waals surface area contributed by atoms with Gasteiger partial charge in [-0.25, -0.2) is 26.9 Å². The number of rotatable bonds is 13. The quantitative estimate of drug-likeness (QED) is 0.176. The number of nitrogens with zero attached hydrogens (tertiary/aromatic N) is 4. The van der Waals surface area contributed by atoms with Gasteiger partial charge in [0.25, 0.3) is 10.0 Å². The van der Waals surface area contributed by atoms with Crippen molar-refractivity contribution in [2.75, 3.05) is 55.9 Å². The van der Waals surface area contributed by atoms with Crippen LogP contribution in [0.15, 0.2) is 83.9 Å². The van der Waals surface area contributed by atoms with E-state index < -0.39 is 26.8 Å². The number of ether oxygens (including phenoxy) is 2. The fourth-order valence-corrected chi connectivity index (χ4v) is 6.19. The molecule has 0 aliphatic carbocycles. The Balaban J connectivity index is 1.68. The van der Waals surface area contributed by atoms with Crippen LogP contribution in [0.3, 0.4) is 0 Å². The Labute approximate surface area is 266 Å². The second-order valence-corrected chi connectivity index (χ2v) is 12.1. The van der Waals surface area contributed by atoms with Gasteiger partial charge in [-0.05, 0) is 42.5 Å². The van der Waals surface area contributed by atoms with E-state index in [0.717, 1.165) is 21.3 Å². The van der Waals surface area contributed by atoms with Crippen LogP contribution in [0.1, 0.15) is 5.56 Å². The highest BCUT2D eigenvalue weighted by molar-refractivity contribution is 7.92. The lowest BCUT2D eigenvalue weighted by Crippen LogP contribution is -2.34. The molecule has 0 saturated carbocycles. The number of amides is 1. The van der Waals surface area contributed by atoms with Gasteiger partial charge in [-0.15, -0.1) is 0 Å². The molecule has 0 atom stereocenters. The standard InChI is InChI=1S/C31H33ClFN5O6S/c1-36(15-16-37(2)31(39)40)27-10-6-5-9-25(27)35-26-19-24(33)29(18-23(26)32)45(41,42)38(30-11-7-8-14-34-30)20-21-12-13-22(43-3)17-28(21)44-4/h5-14,17-19,35H,15-16,20H2,1-4H3,(H,39,40). The predicted octanol–water partition coefficient (Wildman–Crippen LogP) is 6.08. The van der Waals surface area contributed by atoms with Gasteiger partial charge in [0.1, 0.15) is 28.0 Å². The molecule has 0 spiro atoms. The molecule has 0 bridgehead atoms. The molecule has 4 rings (SSSR count). The van der Waals surface area contributed by atoms with E-state index in [0.29, 0.717) is 35.0 Å². The number of likely N-dealkylation sites (N-methyl/N-ethyl adjacent to an activating group) is 2. The maximum absolute atomic E-state index is 15.8. The molecule has 238 valence electrons. The Morgan fingerprint density at radius 3 is 2.38 bits per heavy atom. The van der Waals surface area contributed by atoms with Crippen molar-refractivity contribution in [3.63, 3.8) is 0 Å². The SMILES string of the molecule is COc1ccc(CN(c2ccccn2)S(=O)(=O)c2cc(Cl)c(Nc3ccccc3N(C)CCN(C)C(=O)O)cc2F)c(OC)c1. The van der Waals surface area contributed by atoms with E-state index in [2.05, 4.69) is 10.3 Å². The van der Waals surface area contributed by atoms with Crippen LogP contribution in [-0.4, -0.2) is 70.9 Å². The van der Waals surface area contributed by atoms with E-state index in [9.17, 15) is 13.2 Å². The summed E-state index contributed by atoms with van der Waals surface area (Å²) < 4.78 is 55.6. The zero-order valence-electron chi connectivity index (χ0n) is 25.1. The smallest absolute Gasteiger partial charge is 0.407 e. The lowest BCUT2D eigenvalue weighted by molar-refractivity contribution is 0.157. The number of aromatic nitrogens is 1. The molecule has 1 aromatic heterocycles. The third-order valence-electron chi connectivity index (χ3n) is 6.98. The number of carboxylic acid groups (broad SMARTS) is 1. The average molecular weight is 658 g/mol. The van der Waals surface area contributed by atoms with Gasteiger partial charge in [0.15, 0.2) is 0 Å². The fourth-order valence-electron chi connectivity index (χ4n) is 4.44. The first kappa shape index (κ1) is 33.1. The largest absolute Gasteiger partial charge is 0.497 e. The molecular formula is C31H33ClFN5O6S. The van der Waals surface area contributed by atoms with Gasteiger partial charge in [0.2, 0.25) is 0 Å². The topological polar surface area (TPSA) is 125 Å². The minimum absolute atomic E-state index is 0.0407. The molecule has 14 heteroatoms. The van der Waals surface area contributed by atoms with Crippen molar-refractivity contribution in [3.8, 4) is 11.5 Å². The average Bonchev–Trinajstić information content (AvgIpc) is 3.04. The van der Waals surface area contributed by atoms with Crippen LogP contribution >= 0.6 is 11.6 Å². The maximum atomic E-state index is 15.8. The Bertz CT molecular complexity index is 1760.